The van der Waals surface area contributed by atoms with Crippen molar-refractivity contribution in [3.63, 3.8) is 0 Å². The average Bonchev–Trinajstić information content (AvgIpc) is 2.42. The maximum atomic E-state index is 11.1. The van der Waals surface area contributed by atoms with E-state index >= 15 is 0 Å². The quantitative estimate of drug-likeness (QED) is 0.852. The molecule has 0 heterocycles. The Hall–Kier alpha value is -1.42. The number of aliphatic carboxylic acids is 1. The van der Waals surface area contributed by atoms with Crippen LogP contribution in [0.25, 0.3) is 0 Å². The summed E-state index contributed by atoms with van der Waals surface area (Å²) < 4.78 is 0. The zero-order chi connectivity index (χ0) is 15.4. The van der Waals surface area contributed by atoms with Gasteiger partial charge in [0.1, 0.15) is 6.54 Å². The highest BCUT2D eigenvalue weighted by molar-refractivity contribution is 6.36. The lowest BCUT2D eigenvalue weighted by Crippen LogP contribution is -2.29. The predicted octanol–water partition coefficient (Wildman–Crippen LogP) is 4.74. The molecular formula is C15H12Cl3NO2. The number of benzene rings is 2. The summed E-state index contributed by atoms with van der Waals surface area (Å²) in [4.78, 5) is 12.7. The second-order valence-electron chi connectivity index (χ2n) is 4.43. The normalized spacial score (nSPS) is 10.4. The molecule has 0 aliphatic rings. The first-order valence-electron chi connectivity index (χ1n) is 6.12. The molecule has 110 valence electrons. The van der Waals surface area contributed by atoms with Gasteiger partial charge in [-0.2, -0.15) is 0 Å². The van der Waals surface area contributed by atoms with Crippen molar-refractivity contribution in [2.24, 2.45) is 0 Å². The summed E-state index contributed by atoms with van der Waals surface area (Å²) in [5.74, 6) is -0.937. The number of carboxylic acid groups (broad SMARTS) is 1. The van der Waals surface area contributed by atoms with E-state index in [0.717, 1.165) is 5.69 Å². The number of hydrogen-bond acceptors (Lipinski definition) is 2. The molecule has 0 atom stereocenters. The Morgan fingerprint density at radius 3 is 2.10 bits per heavy atom. The molecule has 0 unspecified atom stereocenters. The monoisotopic (exact) mass is 343 g/mol. The SMILES string of the molecule is O=C(O)CN(Cc1c(Cl)cccc1Cl)c1ccc(Cl)cc1. The van der Waals surface area contributed by atoms with Gasteiger partial charge >= 0.3 is 5.97 Å². The van der Waals surface area contributed by atoms with Crippen LogP contribution in [0.4, 0.5) is 5.69 Å². The smallest absolute Gasteiger partial charge is 0.323 e. The number of nitrogens with zero attached hydrogens (tertiary/aromatic N) is 1. The molecule has 0 amide bonds. The highest BCUT2D eigenvalue weighted by atomic mass is 35.5. The van der Waals surface area contributed by atoms with Crippen LogP contribution in [-0.2, 0) is 11.3 Å². The van der Waals surface area contributed by atoms with Gasteiger partial charge in [-0.05, 0) is 36.4 Å². The third-order valence-electron chi connectivity index (χ3n) is 2.93. The van der Waals surface area contributed by atoms with Crippen molar-refractivity contribution in [2.45, 2.75) is 6.54 Å². The summed E-state index contributed by atoms with van der Waals surface area (Å²) in [6, 6.07) is 12.1. The molecule has 2 aromatic rings. The van der Waals surface area contributed by atoms with Crippen molar-refractivity contribution in [3.8, 4) is 0 Å². The molecule has 0 aliphatic heterocycles. The fourth-order valence-corrected chi connectivity index (χ4v) is 2.57. The van der Waals surface area contributed by atoms with Crippen LogP contribution in [0.1, 0.15) is 5.56 Å². The molecule has 2 aromatic carbocycles. The van der Waals surface area contributed by atoms with Gasteiger partial charge in [-0.25, -0.2) is 0 Å². The lowest BCUT2D eigenvalue weighted by atomic mass is 10.2. The summed E-state index contributed by atoms with van der Waals surface area (Å²) >= 11 is 18.1. The molecule has 21 heavy (non-hydrogen) atoms. The maximum Gasteiger partial charge on any atom is 0.323 e. The molecule has 3 nitrogen and oxygen atoms in total. The van der Waals surface area contributed by atoms with Crippen LogP contribution in [0.3, 0.4) is 0 Å². The number of hydrogen-bond donors (Lipinski definition) is 1. The molecule has 0 aliphatic carbocycles. The summed E-state index contributed by atoms with van der Waals surface area (Å²) in [5, 5.41) is 10.7. The van der Waals surface area contributed by atoms with E-state index < -0.39 is 5.97 Å². The first-order valence-corrected chi connectivity index (χ1v) is 7.26. The second kappa shape index (κ2) is 7.03. The molecule has 0 bridgehead atoms. The summed E-state index contributed by atoms with van der Waals surface area (Å²) in [7, 11) is 0. The van der Waals surface area contributed by atoms with Crippen LogP contribution in [0, 0.1) is 0 Å². The maximum absolute atomic E-state index is 11.1. The van der Waals surface area contributed by atoms with E-state index in [1.807, 2.05) is 0 Å². The van der Waals surface area contributed by atoms with E-state index in [-0.39, 0.29) is 6.54 Å². The minimum Gasteiger partial charge on any atom is -0.480 e. The van der Waals surface area contributed by atoms with E-state index in [1.165, 1.54) is 0 Å². The molecule has 6 heteroatoms. The molecule has 2 rings (SSSR count). The van der Waals surface area contributed by atoms with Gasteiger partial charge in [0.05, 0.1) is 0 Å². The van der Waals surface area contributed by atoms with Crippen LogP contribution in [0.15, 0.2) is 42.5 Å². The van der Waals surface area contributed by atoms with Gasteiger partial charge in [-0.15, -0.1) is 0 Å². The zero-order valence-electron chi connectivity index (χ0n) is 10.9. The average molecular weight is 345 g/mol. The van der Waals surface area contributed by atoms with Crippen LogP contribution < -0.4 is 4.90 Å². The molecule has 0 saturated heterocycles. The lowest BCUT2D eigenvalue weighted by molar-refractivity contribution is -0.135. The number of anilines is 1. The van der Waals surface area contributed by atoms with E-state index in [0.29, 0.717) is 27.2 Å². The molecule has 0 saturated carbocycles. The van der Waals surface area contributed by atoms with Crippen molar-refractivity contribution in [1.82, 2.24) is 0 Å². The van der Waals surface area contributed by atoms with Gasteiger partial charge in [0, 0.05) is 32.9 Å². The third-order valence-corrected chi connectivity index (χ3v) is 3.89. The van der Waals surface area contributed by atoms with Gasteiger partial charge in [0.2, 0.25) is 0 Å². The van der Waals surface area contributed by atoms with Gasteiger partial charge in [-0.3, -0.25) is 4.79 Å². The standard InChI is InChI=1S/C15H12Cl3NO2/c16-10-4-6-11(7-5-10)19(9-15(20)21)8-12-13(17)2-1-3-14(12)18/h1-7H,8-9H2,(H,20,21). The molecule has 1 N–H and O–H groups in total. The minimum atomic E-state index is -0.937. The number of carbonyl (C=O) groups is 1. The Labute approximate surface area is 137 Å². The highest BCUT2D eigenvalue weighted by Crippen LogP contribution is 2.28. The Morgan fingerprint density at radius 2 is 1.57 bits per heavy atom. The largest absolute Gasteiger partial charge is 0.480 e. The fraction of sp³-hybridized carbons (Fsp3) is 0.133. The summed E-state index contributed by atoms with van der Waals surface area (Å²) in [6.45, 7) is 0.135. The van der Waals surface area contributed by atoms with Crippen molar-refractivity contribution < 1.29 is 9.90 Å². The van der Waals surface area contributed by atoms with Crippen LogP contribution in [0.5, 0.6) is 0 Å². The van der Waals surface area contributed by atoms with Crippen molar-refractivity contribution >= 4 is 46.5 Å². The first kappa shape index (κ1) is 16.0. The van der Waals surface area contributed by atoms with Crippen LogP contribution >= 0.6 is 34.8 Å². The van der Waals surface area contributed by atoms with Crippen LogP contribution in [0.2, 0.25) is 15.1 Å². The number of rotatable bonds is 5. The van der Waals surface area contributed by atoms with Gasteiger partial charge in [-0.1, -0.05) is 40.9 Å². The first-order chi connectivity index (χ1) is 9.97. The van der Waals surface area contributed by atoms with E-state index in [2.05, 4.69) is 0 Å². The van der Waals surface area contributed by atoms with Gasteiger partial charge < -0.3 is 10.0 Å². The second-order valence-corrected chi connectivity index (χ2v) is 5.68. The molecule has 0 radical (unpaired) electrons. The Balaban J connectivity index is 2.32. The summed E-state index contributed by atoms with van der Waals surface area (Å²) in [6.07, 6.45) is 0. The fourth-order valence-electron chi connectivity index (χ4n) is 1.93. The van der Waals surface area contributed by atoms with Crippen molar-refractivity contribution in [3.05, 3.63) is 63.1 Å². The Bertz CT molecular complexity index is 624. The topological polar surface area (TPSA) is 40.5 Å². The molecule has 0 fully saturated rings. The predicted molar refractivity (Wildman–Crippen MR) is 86.6 cm³/mol. The zero-order valence-corrected chi connectivity index (χ0v) is 13.2. The lowest BCUT2D eigenvalue weighted by Gasteiger charge is -2.24. The molecular weight excluding hydrogens is 333 g/mol. The number of carboxylic acids is 1. The van der Waals surface area contributed by atoms with E-state index in [9.17, 15) is 4.79 Å². The van der Waals surface area contributed by atoms with E-state index in [4.69, 9.17) is 39.9 Å². The Morgan fingerprint density at radius 1 is 1.00 bits per heavy atom. The number of halogens is 3. The van der Waals surface area contributed by atoms with E-state index in [1.54, 1.807) is 47.4 Å². The summed E-state index contributed by atoms with van der Waals surface area (Å²) in [5.41, 5.74) is 1.43. The highest BCUT2D eigenvalue weighted by Gasteiger charge is 2.15. The van der Waals surface area contributed by atoms with Crippen molar-refractivity contribution in [1.29, 1.82) is 0 Å². The van der Waals surface area contributed by atoms with Crippen LogP contribution in [-0.4, -0.2) is 17.6 Å². The Kier molecular flexibility index (Phi) is 5.34. The molecule has 0 aromatic heterocycles. The van der Waals surface area contributed by atoms with Gasteiger partial charge in [0.15, 0.2) is 0 Å². The minimum absolute atomic E-state index is 0.164. The van der Waals surface area contributed by atoms with Gasteiger partial charge in [0.25, 0.3) is 0 Å². The van der Waals surface area contributed by atoms with Crippen molar-refractivity contribution in [2.75, 3.05) is 11.4 Å². The third kappa shape index (κ3) is 4.27. The molecule has 0 spiro atoms.